The predicted molar refractivity (Wildman–Crippen MR) is 77.0 cm³/mol. The number of para-hydroxylation sites is 1. The van der Waals surface area contributed by atoms with Gasteiger partial charge in [0.15, 0.2) is 0 Å². The molecular weight excluding hydrogens is 307 g/mol. The quantitative estimate of drug-likeness (QED) is 0.740. The summed E-state index contributed by atoms with van der Waals surface area (Å²) < 4.78 is 38.4. The maximum absolute atomic E-state index is 13.6. The molecule has 1 N–H and O–H groups in total. The van der Waals surface area contributed by atoms with Crippen molar-refractivity contribution in [3.8, 4) is 0 Å². The minimum Gasteiger partial charge on any atom is -0.380 e. The second-order valence-corrected chi connectivity index (χ2v) is 5.43. The number of nitrogens with one attached hydrogen (secondary N) is 1. The molecule has 0 unspecified atom stereocenters. The first-order chi connectivity index (χ1) is 9.56. The molecule has 0 heterocycles. The third kappa shape index (κ3) is 4.08. The number of rotatable bonds is 5. The van der Waals surface area contributed by atoms with Gasteiger partial charge in [-0.3, -0.25) is 0 Å². The van der Waals surface area contributed by atoms with Crippen molar-refractivity contribution in [2.24, 2.45) is 0 Å². The number of thioether (sulfide) groups is 1. The highest BCUT2D eigenvalue weighted by molar-refractivity contribution is 7.99. The van der Waals surface area contributed by atoms with E-state index in [4.69, 9.17) is 11.6 Å². The van der Waals surface area contributed by atoms with Crippen molar-refractivity contribution >= 4 is 29.1 Å². The first-order valence-electron chi connectivity index (χ1n) is 5.78. The summed E-state index contributed by atoms with van der Waals surface area (Å²) in [5.74, 6) is -2.89. The Bertz CT molecular complexity index is 592. The van der Waals surface area contributed by atoms with Crippen LogP contribution in [0.5, 0.6) is 0 Å². The van der Waals surface area contributed by atoms with E-state index >= 15 is 0 Å². The van der Waals surface area contributed by atoms with Crippen LogP contribution in [-0.4, -0.2) is 5.76 Å². The van der Waals surface area contributed by atoms with Gasteiger partial charge < -0.3 is 5.32 Å². The fourth-order valence-electron chi connectivity index (χ4n) is 1.68. The zero-order chi connectivity index (χ0) is 14.5. The Kier molecular flexibility index (Phi) is 5.20. The van der Waals surface area contributed by atoms with Crippen LogP contribution in [0.15, 0.2) is 47.4 Å². The highest BCUT2D eigenvalue weighted by atomic mass is 35.5. The van der Waals surface area contributed by atoms with Gasteiger partial charge in [0.05, 0.1) is 0 Å². The summed E-state index contributed by atoms with van der Waals surface area (Å²) in [6.45, 7) is 0.174. The molecule has 0 saturated heterocycles. The highest BCUT2D eigenvalue weighted by Crippen LogP contribution is 2.32. The number of halogens is 4. The van der Waals surface area contributed by atoms with E-state index in [0.717, 1.165) is 0 Å². The van der Waals surface area contributed by atoms with Crippen molar-refractivity contribution in [3.05, 3.63) is 58.9 Å². The molecule has 0 radical (unpaired) electrons. The standard InChI is InChI=1S/C14H11ClF3NS/c15-10-5-6-11(16)9(7-10)8-19-12-3-1-2-4-13(12)20-14(17)18/h1-7,14,19H,8H2. The summed E-state index contributed by atoms with van der Waals surface area (Å²) in [7, 11) is 0. The lowest BCUT2D eigenvalue weighted by molar-refractivity contribution is 0.252. The Morgan fingerprint density at radius 2 is 1.90 bits per heavy atom. The van der Waals surface area contributed by atoms with Crippen LogP contribution in [0.1, 0.15) is 5.56 Å². The molecule has 20 heavy (non-hydrogen) atoms. The van der Waals surface area contributed by atoms with Gasteiger partial charge in [-0.05, 0) is 30.3 Å². The molecular formula is C14H11ClF3NS. The molecule has 2 rings (SSSR count). The predicted octanol–water partition coefficient (Wildman–Crippen LogP) is 5.41. The molecule has 106 valence electrons. The molecule has 0 bridgehead atoms. The molecule has 1 nitrogen and oxygen atoms in total. The molecule has 0 aromatic heterocycles. The van der Waals surface area contributed by atoms with E-state index in [0.29, 0.717) is 32.9 Å². The number of hydrogen-bond acceptors (Lipinski definition) is 2. The third-order valence-electron chi connectivity index (χ3n) is 2.58. The minimum absolute atomic E-state index is 0.174. The van der Waals surface area contributed by atoms with Gasteiger partial charge in [0.2, 0.25) is 0 Å². The normalized spacial score (nSPS) is 10.8. The molecule has 0 saturated carbocycles. The number of anilines is 1. The first-order valence-corrected chi connectivity index (χ1v) is 7.03. The molecule has 0 aliphatic carbocycles. The average Bonchev–Trinajstić information content (AvgIpc) is 2.41. The smallest absolute Gasteiger partial charge is 0.288 e. The molecule has 2 aromatic carbocycles. The van der Waals surface area contributed by atoms with Crippen LogP contribution in [-0.2, 0) is 6.54 Å². The van der Waals surface area contributed by atoms with Crippen LogP contribution in [0.3, 0.4) is 0 Å². The van der Waals surface area contributed by atoms with Gasteiger partial charge in [-0.2, -0.15) is 8.78 Å². The SMILES string of the molecule is Fc1ccc(Cl)cc1CNc1ccccc1SC(F)F. The molecule has 0 amide bonds. The molecule has 6 heteroatoms. The van der Waals surface area contributed by atoms with E-state index in [-0.39, 0.29) is 12.4 Å². The van der Waals surface area contributed by atoms with Gasteiger partial charge in [0, 0.05) is 27.7 Å². The zero-order valence-corrected chi connectivity index (χ0v) is 11.8. The lowest BCUT2D eigenvalue weighted by atomic mass is 10.2. The maximum atomic E-state index is 13.6. The summed E-state index contributed by atoms with van der Waals surface area (Å²) >= 11 is 6.25. The first kappa shape index (κ1) is 15.1. The second kappa shape index (κ2) is 6.90. The van der Waals surface area contributed by atoms with Crippen molar-refractivity contribution < 1.29 is 13.2 Å². The van der Waals surface area contributed by atoms with Gasteiger partial charge in [-0.1, -0.05) is 35.5 Å². The van der Waals surface area contributed by atoms with Gasteiger partial charge >= 0.3 is 0 Å². The highest BCUT2D eigenvalue weighted by Gasteiger charge is 2.10. The van der Waals surface area contributed by atoms with Gasteiger partial charge in [-0.25, -0.2) is 4.39 Å². The van der Waals surface area contributed by atoms with Gasteiger partial charge in [-0.15, -0.1) is 0 Å². The van der Waals surface area contributed by atoms with E-state index in [1.807, 2.05) is 0 Å². The van der Waals surface area contributed by atoms with E-state index in [2.05, 4.69) is 5.32 Å². The zero-order valence-electron chi connectivity index (χ0n) is 10.2. The van der Waals surface area contributed by atoms with E-state index in [9.17, 15) is 13.2 Å². The van der Waals surface area contributed by atoms with Crippen LogP contribution in [0.25, 0.3) is 0 Å². The molecule has 0 atom stereocenters. The molecule has 0 fully saturated rings. The van der Waals surface area contributed by atoms with Crippen LogP contribution >= 0.6 is 23.4 Å². The summed E-state index contributed by atoms with van der Waals surface area (Å²) in [4.78, 5) is 0.421. The van der Waals surface area contributed by atoms with Gasteiger partial charge in [0.1, 0.15) is 5.82 Å². The summed E-state index contributed by atoms with van der Waals surface area (Å²) in [6.07, 6.45) is 0. The fraction of sp³-hybridized carbons (Fsp3) is 0.143. The summed E-state index contributed by atoms with van der Waals surface area (Å²) in [6, 6.07) is 10.9. The second-order valence-electron chi connectivity index (χ2n) is 3.96. The van der Waals surface area contributed by atoms with Crippen molar-refractivity contribution in [1.29, 1.82) is 0 Å². The lowest BCUT2D eigenvalue weighted by Gasteiger charge is -2.12. The number of alkyl halides is 2. The summed E-state index contributed by atoms with van der Waals surface area (Å²) in [5, 5.41) is 3.38. The van der Waals surface area contributed by atoms with Crippen molar-refractivity contribution in [1.82, 2.24) is 0 Å². The van der Waals surface area contributed by atoms with E-state index in [1.54, 1.807) is 24.3 Å². The fourth-order valence-corrected chi connectivity index (χ4v) is 2.49. The lowest BCUT2D eigenvalue weighted by Crippen LogP contribution is -2.03. The Hall–Kier alpha value is -1.33. The van der Waals surface area contributed by atoms with Crippen molar-refractivity contribution in [2.45, 2.75) is 17.2 Å². The Morgan fingerprint density at radius 1 is 1.15 bits per heavy atom. The molecule has 0 aliphatic heterocycles. The van der Waals surface area contributed by atoms with Crippen molar-refractivity contribution in [3.63, 3.8) is 0 Å². The van der Waals surface area contributed by atoms with E-state index in [1.165, 1.54) is 18.2 Å². The molecule has 2 aromatic rings. The Balaban J connectivity index is 2.12. The van der Waals surface area contributed by atoms with Crippen LogP contribution in [0.2, 0.25) is 5.02 Å². The summed E-state index contributed by atoms with van der Waals surface area (Å²) in [5.41, 5.74) is 0.923. The monoisotopic (exact) mass is 317 g/mol. The largest absolute Gasteiger partial charge is 0.380 e. The topological polar surface area (TPSA) is 12.0 Å². The Morgan fingerprint density at radius 3 is 2.65 bits per heavy atom. The third-order valence-corrected chi connectivity index (χ3v) is 3.60. The molecule has 0 spiro atoms. The molecule has 0 aliphatic rings. The van der Waals surface area contributed by atoms with Crippen LogP contribution in [0, 0.1) is 5.82 Å². The van der Waals surface area contributed by atoms with Gasteiger partial charge in [0.25, 0.3) is 5.76 Å². The van der Waals surface area contributed by atoms with Crippen LogP contribution in [0.4, 0.5) is 18.9 Å². The maximum Gasteiger partial charge on any atom is 0.288 e. The number of benzene rings is 2. The number of hydrogen-bond donors (Lipinski definition) is 1. The van der Waals surface area contributed by atoms with Crippen LogP contribution < -0.4 is 5.32 Å². The Labute approximate surface area is 124 Å². The average molecular weight is 318 g/mol. The van der Waals surface area contributed by atoms with E-state index < -0.39 is 5.76 Å². The minimum atomic E-state index is -2.50. The van der Waals surface area contributed by atoms with Crippen molar-refractivity contribution in [2.75, 3.05) is 5.32 Å².